The predicted molar refractivity (Wildman–Crippen MR) is 131 cm³/mol. The first-order chi connectivity index (χ1) is 15.2. The van der Waals surface area contributed by atoms with Crippen molar-refractivity contribution in [3.63, 3.8) is 0 Å². The monoisotopic (exact) mass is 433 g/mol. The molecule has 1 amide bonds. The van der Waals surface area contributed by atoms with E-state index in [-0.39, 0.29) is 5.91 Å². The van der Waals surface area contributed by atoms with E-state index in [1.807, 2.05) is 36.4 Å². The van der Waals surface area contributed by atoms with Crippen LogP contribution in [0.2, 0.25) is 0 Å². The van der Waals surface area contributed by atoms with Gasteiger partial charge in [0.25, 0.3) is 5.91 Å². The predicted octanol–water partition coefficient (Wildman–Crippen LogP) is 6.79. The number of benzene rings is 2. The van der Waals surface area contributed by atoms with Gasteiger partial charge in [-0.15, -0.1) is 11.3 Å². The molecule has 5 heteroatoms. The minimum Gasteiger partial charge on any atom is -0.348 e. The van der Waals surface area contributed by atoms with Crippen LogP contribution in [0.4, 0.5) is 10.8 Å². The van der Waals surface area contributed by atoms with E-state index in [0.29, 0.717) is 5.56 Å². The molecule has 1 N–H and O–H groups in total. The lowest BCUT2D eigenvalue weighted by molar-refractivity contribution is 0.102. The molecule has 2 aromatic carbocycles. The van der Waals surface area contributed by atoms with Gasteiger partial charge in [-0.1, -0.05) is 50.5 Å². The van der Waals surface area contributed by atoms with E-state index >= 15 is 0 Å². The number of carbonyl (C=O) groups is 1. The lowest BCUT2D eigenvalue weighted by Crippen LogP contribution is -2.17. The van der Waals surface area contributed by atoms with Gasteiger partial charge < -0.3 is 10.2 Å². The summed E-state index contributed by atoms with van der Waals surface area (Å²) in [5, 5.41) is 6.23. The van der Waals surface area contributed by atoms with Gasteiger partial charge in [0.1, 0.15) is 0 Å². The highest BCUT2D eigenvalue weighted by atomic mass is 32.1. The summed E-state index contributed by atoms with van der Waals surface area (Å²) in [5.74, 6) is -0.0738. The molecule has 1 fully saturated rings. The number of hydrogen-bond acceptors (Lipinski definition) is 4. The van der Waals surface area contributed by atoms with Crippen LogP contribution >= 0.6 is 11.3 Å². The van der Waals surface area contributed by atoms with Gasteiger partial charge >= 0.3 is 0 Å². The van der Waals surface area contributed by atoms with Gasteiger partial charge in [0.05, 0.1) is 5.69 Å². The zero-order valence-corrected chi connectivity index (χ0v) is 19.1. The lowest BCUT2D eigenvalue weighted by Gasteiger charge is -2.12. The average molecular weight is 434 g/mol. The van der Waals surface area contributed by atoms with Crippen molar-refractivity contribution in [3.05, 3.63) is 65.0 Å². The van der Waals surface area contributed by atoms with Crippen LogP contribution in [0.25, 0.3) is 11.3 Å². The van der Waals surface area contributed by atoms with Crippen molar-refractivity contribution in [1.82, 2.24) is 4.98 Å². The second-order valence-corrected chi connectivity index (χ2v) is 9.09. The number of thiazole rings is 1. The Labute approximate surface area is 189 Å². The second kappa shape index (κ2) is 10.6. The van der Waals surface area contributed by atoms with Crippen LogP contribution in [0, 0.1) is 0 Å². The molecule has 31 heavy (non-hydrogen) atoms. The third-order valence-electron chi connectivity index (χ3n) is 5.84. The van der Waals surface area contributed by atoms with Crippen LogP contribution in [0.5, 0.6) is 0 Å². The second-order valence-electron chi connectivity index (χ2n) is 8.25. The molecule has 1 aliphatic heterocycles. The van der Waals surface area contributed by atoms with Gasteiger partial charge in [0.2, 0.25) is 0 Å². The van der Waals surface area contributed by atoms with Crippen molar-refractivity contribution in [2.45, 2.75) is 51.9 Å². The number of aromatic nitrogens is 1. The van der Waals surface area contributed by atoms with E-state index in [0.717, 1.165) is 41.6 Å². The molecule has 0 atom stereocenters. The zero-order chi connectivity index (χ0) is 21.5. The first-order valence-electron chi connectivity index (χ1n) is 11.4. The molecule has 0 bridgehead atoms. The number of nitrogens with one attached hydrogen (secondary N) is 1. The fraction of sp³-hybridized carbons (Fsp3) is 0.385. The highest BCUT2D eigenvalue weighted by molar-refractivity contribution is 7.14. The molecule has 1 aromatic heterocycles. The van der Waals surface area contributed by atoms with Crippen LogP contribution in [0.3, 0.4) is 0 Å². The van der Waals surface area contributed by atoms with E-state index in [2.05, 4.69) is 34.7 Å². The maximum Gasteiger partial charge on any atom is 0.255 e. The van der Waals surface area contributed by atoms with Crippen molar-refractivity contribution in [2.24, 2.45) is 0 Å². The molecule has 162 valence electrons. The summed E-state index contributed by atoms with van der Waals surface area (Å²) in [5.41, 5.74) is 4.86. The van der Waals surface area contributed by atoms with Gasteiger partial charge in [0, 0.05) is 35.3 Å². The van der Waals surface area contributed by atoms with E-state index in [9.17, 15) is 4.79 Å². The van der Waals surface area contributed by atoms with Gasteiger partial charge in [0.15, 0.2) is 5.13 Å². The molecule has 4 nitrogen and oxygen atoms in total. The third-order valence-corrected chi connectivity index (χ3v) is 6.74. The minimum absolute atomic E-state index is 0.0738. The van der Waals surface area contributed by atoms with E-state index in [4.69, 9.17) is 4.98 Å². The molecule has 1 aliphatic rings. The van der Waals surface area contributed by atoms with Gasteiger partial charge in [-0.2, -0.15) is 0 Å². The van der Waals surface area contributed by atoms with Crippen molar-refractivity contribution in [2.75, 3.05) is 23.3 Å². The summed E-state index contributed by atoms with van der Waals surface area (Å²) < 4.78 is 0. The van der Waals surface area contributed by atoms with Crippen molar-refractivity contribution in [1.29, 1.82) is 0 Å². The Morgan fingerprint density at radius 3 is 2.45 bits per heavy atom. The number of rotatable bonds is 9. The number of hydrogen-bond donors (Lipinski definition) is 1. The topological polar surface area (TPSA) is 45.2 Å². The smallest absolute Gasteiger partial charge is 0.255 e. The SMILES string of the molecule is CCCCCCc1ccc(C(=O)Nc2ccc(-c3csc(N4CCCC4)n3)cc2)cc1. The highest BCUT2D eigenvalue weighted by Gasteiger charge is 2.16. The van der Waals surface area contributed by atoms with Crippen LogP contribution in [0.1, 0.15) is 61.4 Å². The molecular formula is C26H31N3OS. The summed E-state index contributed by atoms with van der Waals surface area (Å²) in [4.78, 5) is 19.8. The minimum atomic E-state index is -0.0738. The Hall–Kier alpha value is -2.66. The Kier molecular flexibility index (Phi) is 7.36. The Morgan fingerprint density at radius 2 is 1.74 bits per heavy atom. The van der Waals surface area contributed by atoms with E-state index in [1.165, 1.54) is 44.1 Å². The summed E-state index contributed by atoms with van der Waals surface area (Å²) in [7, 11) is 0. The van der Waals surface area contributed by atoms with E-state index in [1.54, 1.807) is 11.3 Å². The molecule has 0 unspecified atom stereocenters. The number of anilines is 2. The summed E-state index contributed by atoms with van der Waals surface area (Å²) in [6.07, 6.45) is 8.62. The van der Waals surface area contributed by atoms with Crippen molar-refractivity contribution >= 4 is 28.1 Å². The molecule has 1 saturated heterocycles. The quantitative estimate of drug-likeness (QED) is 0.378. The van der Waals surface area contributed by atoms with Gasteiger partial charge in [-0.3, -0.25) is 4.79 Å². The Balaban J connectivity index is 1.32. The number of aryl methyl sites for hydroxylation is 1. The van der Waals surface area contributed by atoms with Crippen molar-refractivity contribution < 1.29 is 4.79 Å². The third kappa shape index (κ3) is 5.73. The highest BCUT2D eigenvalue weighted by Crippen LogP contribution is 2.30. The van der Waals surface area contributed by atoms with E-state index < -0.39 is 0 Å². The summed E-state index contributed by atoms with van der Waals surface area (Å²) >= 11 is 1.71. The molecule has 0 saturated carbocycles. The fourth-order valence-electron chi connectivity index (χ4n) is 3.96. The molecule has 2 heterocycles. The normalized spacial score (nSPS) is 13.5. The molecule has 0 aliphatic carbocycles. The first kappa shape index (κ1) is 21.6. The summed E-state index contributed by atoms with van der Waals surface area (Å²) in [6, 6.07) is 15.9. The van der Waals surface area contributed by atoms with Crippen LogP contribution < -0.4 is 10.2 Å². The Bertz CT molecular complexity index is 973. The van der Waals surface area contributed by atoms with Crippen LogP contribution in [-0.4, -0.2) is 24.0 Å². The molecule has 0 radical (unpaired) electrons. The molecule has 3 aromatic rings. The maximum atomic E-state index is 12.6. The number of amides is 1. The molecule has 4 rings (SSSR count). The molecule has 0 spiro atoms. The van der Waals surface area contributed by atoms with Gasteiger partial charge in [-0.25, -0.2) is 4.98 Å². The van der Waals surface area contributed by atoms with Crippen molar-refractivity contribution in [3.8, 4) is 11.3 Å². The Morgan fingerprint density at radius 1 is 1.00 bits per heavy atom. The number of nitrogens with zero attached hydrogens (tertiary/aromatic N) is 2. The summed E-state index contributed by atoms with van der Waals surface area (Å²) in [6.45, 7) is 4.45. The zero-order valence-electron chi connectivity index (χ0n) is 18.3. The van der Waals surface area contributed by atoms with Crippen LogP contribution in [-0.2, 0) is 6.42 Å². The largest absolute Gasteiger partial charge is 0.348 e. The van der Waals surface area contributed by atoms with Crippen LogP contribution in [0.15, 0.2) is 53.9 Å². The number of carbonyl (C=O) groups excluding carboxylic acids is 1. The first-order valence-corrected chi connectivity index (χ1v) is 12.3. The molecular weight excluding hydrogens is 402 g/mol. The maximum absolute atomic E-state index is 12.6. The standard InChI is InChI=1S/C26H31N3OS/c1-2-3-4-5-8-20-9-11-22(12-10-20)25(30)27-23-15-13-21(14-16-23)24-19-31-26(28-24)29-17-6-7-18-29/h9-16,19H,2-8,17-18H2,1H3,(H,27,30). The fourth-order valence-corrected chi connectivity index (χ4v) is 4.85. The number of unbranched alkanes of at least 4 members (excludes halogenated alkanes) is 3. The van der Waals surface area contributed by atoms with Gasteiger partial charge in [-0.05, 0) is 55.5 Å². The average Bonchev–Trinajstić information content (AvgIpc) is 3.50. The lowest BCUT2D eigenvalue weighted by atomic mass is 10.0.